The molecule has 2 rings (SSSR count). The molecule has 2 aromatic rings. The van der Waals surface area contributed by atoms with E-state index in [9.17, 15) is 0 Å². The number of benzene rings is 1. The van der Waals surface area contributed by atoms with Gasteiger partial charge in [0, 0.05) is 30.0 Å². The molecule has 0 fully saturated rings. The Labute approximate surface area is 146 Å². The molecule has 23 heavy (non-hydrogen) atoms. The predicted octanol–water partition coefficient (Wildman–Crippen LogP) is 3.62. The van der Waals surface area contributed by atoms with Crippen LogP contribution in [0.15, 0.2) is 52.1 Å². The van der Waals surface area contributed by atoms with Crippen LogP contribution < -0.4 is 10.6 Å². The van der Waals surface area contributed by atoms with E-state index in [1.807, 2.05) is 37.4 Å². The zero-order valence-electron chi connectivity index (χ0n) is 13.8. The van der Waals surface area contributed by atoms with Crippen LogP contribution in [0.5, 0.6) is 0 Å². The van der Waals surface area contributed by atoms with E-state index >= 15 is 0 Å². The van der Waals surface area contributed by atoms with Gasteiger partial charge < -0.3 is 10.6 Å². The maximum Gasteiger partial charge on any atom is 0.191 e. The summed E-state index contributed by atoms with van der Waals surface area (Å²) in [6, 6.07) is 12.5. The molecule has 1 aromatic carbocycles. The fraction of sp³-hybridized carbons (Fsp3) is 0.333. The van der Waals surface area contributed by atoms with Gasteiger partial charge in [-0.15, -0.1) is 0 Å². The van der Waals surface area contributed by atoms with Crippen molar-refractivity contribution in [1.82, 2.24) is 15.6 Å². The van der Waals surface area contributed by atoms with Crippen LogP contribution in [0, 0.1) is 6.92 Å². The Kier molecular flexibility index (Phi) is 6.59. The standard InChI is InChI=1S/C18H23BrN4/c1-13-8-9-15(12-22-13)10-11-21-18(20-3)23-14(2)16-6-4-5-7-17(16)19/h4-9,12,14H,10-11H2,1-3H3,(H2,20,21,23). The number of aliphatic imine (C=N–C) groups is 1. The van der Waals surface area contributed by atoms with Gasteiger partial charge in [0.25, 0.3) is 0 Å². The number of aromatic nitrogens is 1. The summed E-state index contributed by atoms with van der Waals surface area (Å²) in [6.45, 7) is 4.93. The summed E-state index contributed by atoms with van der Waals surface area (Å²) in [7, 11) is 1.79. The third-order valence-electron chi connectivity index (χ3n) is 3.63. The summed E-state index contributed by atoms with van der Waals surface area (Å²) in [6.07, 6.45) is 2.84. The number of halogens is 1. The number of aryl methyl sites for hydroxylation is 1. The highest BCUT2D eigenvalue weighted by molar-refractivity contribution is 9.10. The molecule has 1 unspecified atom stereocenters. The maximum atomic E-state index is 4.32. The number of guanidine groups is 1. The highest BCUT2D eigenvalue weighted by atomic mass is 79.9. The fourth-order valence-electron chi connectivity index (χ4n) is 2.28. The van der Waals surface area contributed by atoms with E-state index in [2.05, 4.69) is 55.6 Å². The minimum atomic E-state index is 0.165. The number of hydrogen-bond donors (Lipinski definition) is 2. The lowest BCUT2D eigenvalue weighted by Gasteiger charge is -2.19. The third-order valence-corrected chi connectivity index (χ3v) is 4.35. The molecule has 0 aliphatic heterocycles. The van der Waals surface area contributed by atoms with Crippen molar-refractivity contribution in [2.45, 2.75) is 26.3 Å². The molecule has 2 N–H and O–H groups in total. The van der Waals surface area contributed by atoms with Crippen LogP contribution in [-0.2, 0) is 6.42 Å². The number of nitrogens with one attached hydrogen (secondary N) is 2. The molecule has 0 spiro atoms. The van der Waals surface area contributed by atoms with E-state index in [0.29, 0.717) is 0 Å². The van der Waals surface area contributed by atoms with Gasteiger partial charge in [-0.05, 0) is 43.5 Å². The molecule has 0 saturated carbocycles. The first-order chi connectivity index (χ1) is 11.1. The second kappa shape index (κ2) is 8.67. The Morgan fingerprint density at radius 3 is 2.70 bits per heavy atom. The van der Waals surface area contributed by atoms with Crippen molar-refractivity contribution in [3.63, 3.8) is 0 Å². The largest absolute Gasteiger partial charge is 0.356 e. The summed E-state index contributed by atoms with van der Waals surface area (Å²) in [5, 5.41) is 6.76. The van der Waals surface area contributed by atoms with E-state index < -0.39 is 0 Å². The highest BCUT2D eigenvalue weighted by Gasteiger charge is 2.10. The van der Waals surface area contributed by atoms with Crippen molar-refractivity contribution < 1.29 is 0 Å². The Balaban J connectivity index is 1.86. The monoisotopic (exact) mass is 374 g/mol. The second-order valence-corrected chi connectivity index (χ2v) is 6.30. The van der Waals surface area contributed by atoms with Gasteiger partial charge in [0.2, 0.25) is 0 Å². The Hall–Kier alpha value is -1.88. The van der Waals surface area contributed by atoms with Gasteiger partial charge in [0.05, 0.1) is 6.04 Å². The SMILES string of the molecule is CN=C(NCCc1ccc(C)nc1)NC(C)c1ccccc1Br. The van der Waals surface area contributed by atoms with Gasteiger partial charge in [0.15, 0.2) is 5.96 Å². The van der Waals surface area contributed by atoms with Gasteiger partial charge >= 0.3 is 0 Å². The van der Waals surface area contributed by atoms with Crippen molar-refractivity contribution in [3.8, 4) is 0 Å². The molecule has 4 nitrogen and oxygen atoms in total. The molecule has 5 heteroatoms. The average molecular weight is 375 g/mol. The van der Waals surface area contributed by atoms with Crippen LogP contribution in [0.25, 0.3) is 0 Å². The fourth-order valence-corrected chi connectivity index (χ4v) is 2.90. The van der Waals surface area contributed by atoms with Crippen molar-refractivity contribution in [1.29, 1.82) is 0 Å². The van der Waals surface area contributed by atoms with E-state index in [1.165, 1.54) is 11.1 Å². The molecule has 122 valence electrons. The van der Waals surface area contributed by atoms with Crippen molar-refractivity contribution in [2.75, 3.05) is 13.6 Å². The lowest BCUT2D eigenvalue weighted by Crippen LogP contribution is -2.39. The average Bonchev–Trinajstić information content (AvgIpc) is 2.56. The summed E-state index contributed by atoms with van der Waals surface area (Å²) in [5.74, 6) is 0.799. The number of hydrogen-bond acceptors (Lipinski definition) is 2. The Morgan fingerprint density at radius 1 is 1.26 bits per heavy atom. The lowest BCUT2D eigenvalue weighted by atomic mass is 10.1. The van der Waals surface area contributed by atoms with Gasteiger partial charge in [0.1, 0.15) is 0 Å². The molecule has 1 heterocycles. The first kappa shape index (κ1) is 17.5. The summed E-state index contributed by atoms with van der Waals surface area (Å²) in [5.41, 5.74) is 3.47. The maximum absolute atomic E-state index is 4.32. The quantitative estimate of drug-likeness (QED) is 0.620. The minimum absolute atomic E-state index is 0.165. The summed E-state index contributed by atoms with van der Waals surface area (Å²) < 4.78 is 1.10. The molecule has 0 amide bonds. The molecule has 1 atom stereocenters. The first-order valence-electron chi connectivity index (χ1n) is 7.73. The molecular formula is C18H23BrN4. The molecule has 0 bridgehead atoms. The van der Waals surface area contributed by atoms with Crippen LogP contribution >= 0.6 is 15.9 Å². The lowest BCUT2D eigenvalue weighted by molar-refractivity contribution is 0.681. The van der Waals surface area contributed by atoms with E-state index in [0.717, 1.165) is 29.1 Å². The Morgan fingerprint density at radius 2 is 2.04 bits per heavy atom. The number of nitrogens with zero attached hydrogens (tertiary/aromatic N) is 2. The molecule has 1 aromatic heterocycles. The zero-order valence-corrected chi connectivity index (χ0v) is 15.4. The molecular weight excluding hydrogens is 352 g/mol. The van der Waals surface area contributed by atoms with Crippen LogP contribution in [-0.4, -0.2) is 24.5 Å². The van der Waals surface area contributed by atoms with Crippen LogP contribution in [0.3, 0.4) is 0 Å². The van der Waals surface area contributed by atoms with Crippen molar-refractivity contribution in [3.05, 3.63) is 63.9 Å². The summed E-state index contributed by atoms with van der Waals surface area (Å²) in [4.78, 5) is 8.61. The second-order valence-electron chi connectivity index (χ2n) is 5.44. The molecule has 0 saturated heterocycles. The molecule has 0 radical (unpaired) electrons. The number of rotatable bonds is 5. The van der Waals surface area contributed by atoms with E-state index in [4.69, 9.17) is 0 Å². The van der Waals surface area contributed by atoms with Gasteiger partial charge in [-0.1, -0.05) is 40.2 Å². The van der Waals surface area contributed by atoms with Crippen LogP contribution in [0.4, 0.5) is 0 Å². The van der Waals surface area contributed by atoms with Gasteiger partial charge in [-0.25, -0.2) is 0 Å². The molecule has 0 aliphatic carbocycles. The first-order valence-corrected chi connectivity index (χ1v) is 8.52. The Bertz CT molecular complexity index is 652. The topological polar surface area (TPSA) is 49.3 Å². The zero-order chi connectivity index (χ0) is 16.7. The molecule has 0 aliphatic rings. The van der Waals surface area contributed by atoms with Crippen molar-refractivity contribution >= 4 is 21.9 Å². The normalized spacial score (nSPS) is 12.8. The smallest absolute Gasteiger partial charge is 0.191 e. The van der Waals surface area contributed by atoms with Crippen LogP contribution in [0.2, 0.25) is 0 Å². The van der Waals surface area contributed by atoms with Crippen molar-refractivity contribution in [2.24, 2.45) is 4.99 Å². The van der Waals surface area contributed by atoms with Gasteiger partial charge in [-0.2, -0.15) is 0 Å². The predicted molar refractivity (Wildman–Crippen MR) is 99.7 cm³/mol. The highest BCUT2D eigenvalue weighted by Crippen LogP contribution is 2.22. The summed E-state index contributed by atoms with van der Waals surface area (Å²) >= 11 is 3.59. The number of pyridine rings is 1. The third kappa shape index (κ3) is 5.36. The van der Waals surface area contributed by atoms with E-state index in [1.54, 1.807) is 7.05 Å². The minimum Gasteiger partial charge on any atom is -0.356 e. The van der Waals surface area contributed by atoms with Gasteiger partial charge in [-0.3, -0.25) is 9.98 Å². The van der Waals surface area contributed by atoms with Crippen LogP contribution in [0.1, 0.15) is 29.8 Å². The van der Waals surface area contributed by atoms with E-state index in [-0.39, 0.29) is 6.04 Å².